The van der Waals surface area contributed by atoms with Crippen molar-refractivity contribution in [2.45, 2.75) is 32.6 Å². The predicted octanol–water partition coefficient (Wildman–Crippen LogP) is 3.89. The average Bonchev–Trinajstić information content (AvgIpc) is 2.68. The molecular weight excluding hydrogens is 220 g/mol. The van der Waals surface area contributed by atoms with Crippen molar-refractivity contribution in [3.05, 3.63) is 34.9 Å². The quantitative estimate of drug-likeness (QED) is 0.778. The van der Waals surface area contributed by atoms with E-state index in [9.17, 15) is 4.79 Å². The fourth-order valence-electron chi connectivity index (χ4n) is 2.47. The lowest BCUT2D eigenvalue weighted by Gasteiger charge is -2.09. The summed E-state index contributed by atoms with van der Waals surface area (Å²) in [5.74, 6) is 1.34. The van der Waals surface area contributed by atoms with Gasteiger partial charge < -0.3 is 0 Å². The van der Waals surface area contributed by atoms with Crippen LogP contribution in [0, 0.1) is 11.8 Å². The summed E-state index contributed by atoms with van der Waals surface area (Å²) < 4.78 is 0. The van der Waals surface area contributed by atoms with Gasteiger partial charge in [-0.15, -0.1) is 0 Å². The molecular formula is C14H17ClO. The summed E-state index contributed by atoms with van der Waals surface area (Å²) in [6.45, 7) is 2.22. The van der Waals surface area contributed by atoms with Crippen LogP contribution in [0.3, 0.4) is 0 Å². The monoisotopic (exact) mass is 236 g/mol. The minimum absolute atomic E-state index is 0.270. The van der Waals surface area contributed by atoms with E-state index in [1.807, 2.05) is 24.3 Å². The molecule has 1 aliphatic rings. The number of ketones is 1. The Labute approximate surface area is 102 Å². The minimum Gasteiger partial charge on any atom is -0.299 e. The van der Waals surface area contributed by atoms with E-state index in [4.69, 9.17) is 11.6 Å². The van der Waals surface area contributed by atoms with Gasteiger partial charge in [0.1, 0.15) is 5.78 Å². The van der Waals surface area contributed by atoms with E-state index >= 15 is 0 Å². The van der Waals surface area contributed by atoms with Crippen LogP contribution in [0.1, 0.15) is 31.7 Å². The summed E-state index contributed by atoms with van der Waals surface area (Å²) in [5, 5.41) is 0.710. The highest BCUT2D eigenvalue weighted by Crippen LogP contribution is 2.32. The van der Waals surface area contributed by atoms with E-state index in [2.05, 4.69) is 6.92 Å². The van der Waals surface area contributed by atoms with E-state index in [1.54, 1.807) is 0 Å². The van der Waals surface area contributed by atoms with Crippen LogP contribution in [0.5, 0.6) is 0 Å². The highest BCUT2D eigenvalue weighted by Gasteiger charge is 2.27. The fourth-order valence-corrected chi connectivity index (χ4v) is 2.68. The second kappa shape index (κ2) is 5.01. The molecule has 2 atom stereocenters. The Hall–Kier alpha value is -0.820. The topological polar surface area (TPSA) is 17.1 Å². The molecule has 16 heavy (non-hydrogen) atoms. The van der Waals surface area contributed by atoms with E-state index in [0.29, 0.717) is 23.1 Å². The molecule has 0 heterocycles. The number of halogens is 1. The molecule has 1 aromatic rings. The summed E-state index contributed by atoms with van der Waals surface area (Å²) in [7, 11) is 0. The third-order valence-electron chi connectivity index (χ3n) is 3.47. The third kappa shape index (κ3) is 2.65. The lowest BCUT2D eigenvalue weighted by molar-refractivity contribution is -0.122. The molecule has 86 valence electrons. The van der Waals surface area contributed by atoms with Crippen molar-refractivity contribution in [2.75, 3.05) is 0 Å². The number of benzene rings is 1. The summed E-state index contributed by atoms with van der Waals surface area (Å²) in [6, 6.07) is 7.62. The first-order chi connectivity index (χ1) is 7.66. The van der Waals surface area contributed by atoms with Crippen molar-refractivity contribution in [3.63, 3.8) is 0 Å². The smallest absolute Gasteiger partial charge is 0.140 e. The van der Waals surface area contributed by atoms with Crippen molar-refractivity contribution in [2.24, 2.45) is 11.8 Å². The summed E-state index contributed by atoms with van der Waals surface area (Å²) >= 11 is 6.05. The number of Topliss-reactive ketones (excluding diaryl/α,β-unsaturated/α-hetero) is 1. The van der Waals surface area contributed by atoms with E-state index in [1.165, 1.54) is 6.42 Å². The van der Waals surface area contributed by atoms with Crippen LogP contribution >= 0.6 is 11.6 Å². The summed E-state index contributed by atoms with van der Waals surface area (Å²) in [5.41, 5.74) is 0.966. The van der Waals surface area contributed by atoms with E-state index in [-0.39, 0.29) is 5.92 Å². The molecule has 0 saturated heterocycles. The van der Waals surface area contributed by atoms with Crippen LogP contribution in [-0.2, 0) is 11.2 Å². The Kier molecular flexibility index (Phi) is 3.65. The zero-order valence-electron chi connectivity index (χ0n) is 9.58. The molecule has 1 nitrogen and oxygen atoms in total. The molecule has 0 aromatic heterocycles. The van der Waals surface area contributed by atoms with Gasteiger partial charge in [-0.05, 0) is 36.8 Å². The lowest BCUT2D eigenvalue weighted by Crippen LogP contribution is -2.14. The second-order valence-electron chi connectivity index (χ2n) is 4.85. The van der Waals surface area contributed by atoms with Gasteiger partial charge in [0.25, 0.3) is 0 Å². The number of rotatable bonds is 3. The van der Waals surface area contributed by atoms with Crippen molar-refractivity contribution >= 4 is 17.4 Å². The number of carbonyl (C=O) groups is 1. The van der Waals surface area contributed by atoms with Gasteiger partial charge in [-0.1, -0.05) is 36.7 Å². The number of hydrogen-bond donors (Lipinski definition) is 0. The highest BCUT2D eigenvalue weighted by atomic mass is 35.5. The van der Waals surface area contributed by atoms with Crippen molar-refractivity contribution in [3.8, 4) is 0 Å². The van der Waals surface area contributed by atoms with Gasteiger partial charge in [-0.3, -0.25) is 4.79 Å². The van der Waals surface area contributed by atoms with Crippen LogP contribution in [0.4, 0.5) is 0 Å². The van der Waals surface area contributed by atoms with Gasteiger partial charge in [-0.25, -0.2) is 0 Å². The average molecular weight is 237 g/mol. The second-order valence-corrected chi connectivity index (χ2v) is 5.26. The summed E-state index contributed by atoms with van der Waals surface area (Å²) in [6.07, 6.45) is 3.81. The van der Waals surface area contributed by atoms with Crippen molar-refractivity contribution < 1.29 is 4.79 Å². The number of carbonyl (C=O) groups excluding carboxylic acids is 1. The molecule has 1 aromatic carbocycles. The van der Waals surface area contributed by atoms with Gasteiger partial charge in [0.05, 0.1) is 0 Å². The highest BCUT2D eigenvalue weighted by molar-refractivity contribution is 6.31. The first-order valence-corrected chi connectivity index (χ1v) is 6.30. The van der Waals surface area contributed by atoms with Crippen LogP contribution < -0.4 is 0 Å². The standard InChI is InChI=1S/C14H17ClO/c1-10-6-7-12(8-10)14(16)9-11-4-2-3-5-13(11)15/h2-5,10,12H,6-9H2,1H3. The lowest BCUT2D eigenvalue weighted by atomic mass is 9.96. The molecule has 0 N–H and O–H groups in total. The van der Waals surface area contributed by atoms with Gasteiger partial charge in [-0.2, -0.15) is 0 Å². The number of hydrogen-bond acceptors (Lipinski definition) is 1. The van der Waals surface area contributed by atoms with E-state index < -0.39 is 0 Å². The first kappa shape index (κ1) is 11.7. The van der Waals surface area contributed by atoms with Gasteiger partial charge in [0, 0.05) is 17.4 Å². The molecule has 0 bridgehead atoms. The Bertz CT molecular complexity index is 386. The molecule has 2 heteroatoms. The molecule has 0 spiro atoms. The maximum Gasteiger partial charge on any atom is 0.140 e. The Balaban J connectivity index is 2.00. The largest absolute Gasteiger partial charge is 0.299 e. The van der Waals surface area contributed by atoms with Crippen LogP contribution in [-0.4, -0.2) is 5.78 Å². The molecule has 1 fully saturated rings. The molecule has 0 amide bonds. The molecule has 2 rings (SSSR count). The Morgan fingerprint density at radius 1 is 1.38 bits per heavy atom. The molecule has 0 aliphatic heterocycles. The normalized spacial score (nSPS) is 24.6. The van der Waals surface area contributed by atoms with Crippen LogP contribution in [0.25, 0.3) is 0 Å². The zero-order chi connectivity index (χ0) is 11.5. The molecule has 2 unspecified atom stereocenters. The van der Waals surface area contributed by atoms with Crippen molar-refractivity contribution in [1.82, 2.24) is 0 Å². The fraction of sp³-hybridized carbons (Fsp3) is 0.500. The predicted molar refractivity (Wildman–Crippen MR) is 66.7 cm³/mol. The molecule has 1 saturated carbocycles. The first-order valence-electron chi connectivity index (χ1n) is 5.93. The maximum absolute atomic E-state index is 12.1. The van der Waals surface area contributed by atoms with Gasteiger partial charge in [0.15, 0.2) is 0 Å². The zero-order valence-corrected chi connectivity index (χ0v) is 10.3. The SMILES string of the molecule is CC1CCC(C(=O)Cc2ccccc2Cl)C1. The Morgan fingerprint density at radius 2 is 2.12 bits per heavy atom. The maximum atomic E-state index is 12.1. The van der Waals surface area contributed by atoms with Crippen molar-refractivity contribution in [1.29, 1.82) is 0 Å². The summed E-state index contributed by atoms with van der Waals surface area (Å²) in [4.78, 5) is 12.1. The Morgan fingerprint density at radius 3 is 2.75 bits per heavy atom. The molecule has 1 aliphatic carbocycles. The van der Waals surface area contributed by atoms with Crippen LogP contribution in [0.2, 0.25) is 5.02 Å². The van der Waals surface area contributed by atoms with E-state index in [0.717, 1.165) is 18.4 Å². The third-order valence-corrected chi connectivity index (χ3v) is 3.84. The molecule has 0 radical (unpaired) electrons. The van der Waals surface area contributed by atoms with Crippen LogP contribution in [0.15, 0.2) is 24.3 Å². The van der Waals surface area contributed by atoms with Gasteiger partial charge in [0.2, 0.25) is 0 Å². The van der Waals surface area contributed by atoms with Gasteiger partial charge >= 0.3 is 0 Å². The minimum atomic E-state index is 0.270.